The molecular weight excluding hydrogens is 258 g/mol. The van der Waals surface area contributed by atoms with Crippen molar-refractivity contribution in [3.8, 4) is 0 Å². The van der Waals surface area contributed by atoms with Crippen LogP contribution in [0.4, 0.5) is 8.78 Å². The second-order valence-electron chi connectivity index (χ2n) is 4.81. The van der Waals surface area contributed by atoms with Crippen LogP contribution < -0.4 is 0 Å². The van der Waals surface area contributed by atoms with Gasteiger partial charge in [-0.3, -0.25) is 0 Å². The number of halogens is 2. The summed E-state index contributed by atoms with van der Waals surface area (Å²) in [5.74, 6) is -1.36. The minimum absolute atomic E-state index is 0.106. The lowest BCUT2D eigenvalue weighted by Gasteiger charge is -2.17. The number of aliphatic hydroxyl groups is 1. The lowest BCUT2D eigenvalue weighted by Crippen LogP contribution is -2.07. The fraction of sp³-hybridized carbons (Fsp3) is 0.294. The Morgan fingerprint density at radius 2 is 1.70 bits per heavy atom. The van der Waals surface area contributed by atoms with Crippen LogP contribution in [0.5, 0.6) is 0 Å². The minimum Gasteiger partial charge on any atom is -0.384 e. The standard InChI is InChI=1S/C17H18F2O/c1-3-11-5-6-12(4-2)15(9-11)17(20)14-8-7-13(18)10-16(14)19/h5-10,17,20H,3-4H2,1-2H3. The molecule has 0 fully saturated rings. The van der Waals surface area contributed by atoms with Crippen LogP contribution in [-0.2, 0) is 12.8 Å². The summed E-state index contributed by atoms with van der Waals surface area (Å²) in [6.07, 6.45) is 0.520. The summed E-state index contributed by atoms with van der Waals surface area (Å²) in [5.41, 5.74) is 2.85. The van der Waals surface area contributed by atoms with Crippen molar-refractivity contribution >= 4 is 0 Å². The van der Waals surface area contributed by atoms with E-state index in [2.05, 4.69) is 0 Å². The Bertz CT molecular complexity index is 608. The fourth-order valence-corrected chi connectivity index (χ4v) is 2.33. The first kappa shape index (κ1) is 14.7. The molecule has 3 heteroatoms. The Labute approximate surface area is 117 Å². The zero-order chi connectivity index (χ0) is 14.7. The molecule has 0 amide bonds. The number of aryl methyl sites for hydroxylation is 2. The molecule has 0 aliphatic heterocycles. The van der Waals surface area contributed by atoms with Crippen molar-refractivity contribution in [3.05, 3.63) is 70.3 Å². The van der Waals surface area contributed by atoms with E-state index in [4.69, 9.17) is 0 Å². The Kier molecular flexibility index (Phi) is 4.50. The predicted molar refractivity (Wildman–Crippen MR) is 75.6 cm³/mol. The van der Waals surface area contributed by atoms with Crippen molar-refractivity contribution in [1.29, 1.82) is 0 Å². The van der Waals surface area contributed by atoms with Crippen LogP contribution >= 0.6 is 0 Å². The summed E-state index contributed by atoms with van der Waals surface area (Å²) in [4.78, 5) is 0. The minimum atomic E-state index is -1.07. The van der Waals surface area contributed by atoms with Crippen LogP contribution in [-0.4, -0.2) is 5.11 Å². The highest BCUT2D eigenvalue weighted by molar-refractivity contribution is 5.39. The number of aliphatic hydroxyl groups excluding tert-OH is 1. The van der Waals surface area contributed by atoms with Crippen LogP contribution in [0, 0.1) is 11.6 Å². The normalized spacial score (nSPS) is 12.4. The van der Waals surface area contributed by atoms with Gasteiger partial charge in [-0.05, 0) is 35.6 Å². The zero-order valence-corrected chi connectivity index (χ0v) is 11.7. The van der Waals surface area contributed by atoms with Crippen molar-refractivity contribution in [3.63, 3.8) is 0 Å². The van der Waals surface area contributed by atoms with Gasteiger partial charge in [-0.1, -0.05) is 38.1 Å². The monoisotopic (exact) mass is 276 g/mol. The summed E-state index contributed by atoms with van der Waals surface area (Å²) in [7, 11) is 0. The Hall–Kier alpha value is -1.74. The number of benzene rings is 2. The molecule has 2 aromatic rings. The molecule has 0 heterocycles. The summed E-state index contributed by atoms with van der Waals surface area (Å²) >= 11 is 0. The van der Waals surface area contributed by atoms with Gasteiger partial charge in [0.2, 0.25) is 0 Å². The quantitative estimate of drug-likeness (QED) is 0.888. The highest BCUT2D eigenvalue weighted by atomic mass is 19.1. The van der Waals surface area contributed by atoms with E-state index in [0.29, 0.717) is 5.56 Å². The zero-order valence-electron chi connectivity index (χ0n) is 11.7. The smallest absolute Gasteiger partial charge is 0.132 e. The molecule has 0 radical (unpaired) electrons. The number of hydrogen-bond donors (Lipinski definition) is 1. The summed E-state index contributed by atoms with van der Waals surface area (Å²) in [5, 5.41) is 10.4. The van der Waals surface area contributed by atoms with E-state index in [-0.39, 0.29) is 5.56 Å². The van der Waals surface area contributed by atoms with E-state index in [1.54, 1.807) is 0 Å². The van der Waals surface area contributed by atoms with Crippen LogP contribution in [0.25, 0.3) is 0 Å². The van der Waals surface area contributed by atoms with Crippen LogP contribution in [0.1, 0.15) is 42.2 Å². The molecule has 2 rings (SSSR count). The second-order valence-corrected chi connectivity index (χ2v) is 4.81. The lowest BCUT2D eigenvalue weighted by molar-refractivity contribution is 0.213. The maximum Gasteiger partial charge on any atom is 0.132 e. The Morgan fingerprint density at radius 1 is 0.950 bits per heavy atom. The van der Waals surface area contributed by atoms with Gasteiger partial charge in [-0.15, -0.1) is 0 Å². The van der Waals surface area contributed by atoms with E-state index in [9.17, 15) is 13.9 Å². The molecule has 0 bridgehead atoms. The topological polar surface area (TPSA) is 20.2 Å². The molecule has 2 aromatic carbocycles. The molecule has 0 aliphatic rings. The van der Waals surface area contributed by atoms with Gasteiger partial charge >= 0.3 is 0 Å². The predicted octanol–water partition coefficient (Wildman–Crippen LogP) is 4.17. The van der Waals surface area contributed by atoms with Gasteiger partial charge in [0.15, 0.2) is 0 Å². The first-order chi connectivity index (χ1) is 9.56. The molecule has 1 N–H and O–H groups in total. The van der Waals surface area contributed by atoms with Gasteiger partial charge in [0, 0.05) is 11.6 Å². The third-order valence-electron chi connectivity index (χ3n) is 3.55. The molecule has 0 aliphatic carbocycles. The van der Waals surface area contributed by atoms with Gasteiger partial charge in [-0.25, -0.2) is 8.78 Å². The average Bonchev–Trinajstić information content (AvgIpc) is 2.46. The van der Waals surface area contributed by atoms with E-state index in [1.807, 2.05) is 32.0 Å². The second kappa shape index (κ2) is 6.14. The van der Waals surface area contributed by atoms with Crippen molar-refractivity contribution in [2.24, 2.45) is 0 Å². The Morgan fingerprint density at radius 3 is 2.30 bits per heavy atom. The molecule has 1 atom stereocenters. The SMILES string of the molecule is CCc1ccc(CC)c(C(O)c2ccc(F)cc2F)c1. The van der Waals surface area contributed by atoms with Gasteiger partial charge < -0.3 is 5.11 Å². The molecule has 20 heavy (non-hydrogen) atoms. The van der Waals surface area contributed by atoms with E-state index in [0.717, 1.165) is 36.1 Å². The highest BCUT2D eigenvalue weighted by Gasteiger charge is 2.18. The first-order valence-corrected chi connectivity index (χ1v) is 6.81. The number of hydrogen-bond acceptors (Lipinski definition) is 1. The van der Waals surface area contributed by atoms with E-state index >= 15 is 0 Å². The Balaban J connectivity index is 2.48. The third kappa shape index (κ3) is 2.88. The molecule has 1 nitrogen and oxygen atoms in total. The highest BCUT2D eigenvalue weighted by Crippen LogP contribution is 2.28. The van der Waals surface area contributed by atoms with E-state index < -0.39 is 17.7 Å². The van der Waals surface area contributed by atoms with Gasteiger partial charge in [0.1, 0.15) is 17.7 Å². The van der Waals surface area contributed by atoms with Crippen LogP contribution in [0.2, 0.25) is 0 Å². The average molecular weight is 276 g/mol. The largest absolute Gasteiger partial charge is 0.384 e. The van der Waals surface area contributed by atoms with Crippen LogP contribution in [0.15, 0.2) is 36.4 Å². The van der Waals surface area contributed by atoms with Crippen molar-refractivity contribution in [2.75, 3.05) is 0 Å². The van der Waals surface area contributed by atoms with Crippen molar-refractivity contribution < 1.29 is 13.9 Å². The summed E-state index contributed by atoms with van der Waals surface area (Å²) < 4.78 is 26.8. The third-order valence-corrected chi connectivity index (χ3v) is 3.55. The van der Waals surface area contributed by atoms with Gasteiger partial charge in [0.25, 0.3) is 0 Å². The van der Waals surface area contributed by atoms with Crippen molar-refractivity contribution in [1.82, 2.24) is 0 Å². The summed E-state index contributed by atoms with van der Waals surface area (Å²) in [6.45, 7) is 4.01. The molecular formula is C17H18F2O. The molecule has 0 saturated carbocycles. The fourth-order valence-electron chi connectivity index (χ4n) is 2.33. The van der Waals surface area contributed by atoms with E-state index in [1.165, 1.54) is 6.07 Å². The number of rotatable bonds is 4. The van der Waals surface area contributed by atoms with Gasteiger partial charge in [-0.2, -0.15) is 0 Å². The maximum absolute atomic E-state index is 13.8. The maximum atomic E-state index is 13.8. The van der Waals surface area contributed by atoms with Crippen molar-refractivity contribution in [2.45, 2.75) is 32.8 Å². The summed E-state index contributed by atoms with van der Waals surface area (Å²) in [6, 6.07) is 9.12. The molecule has 106 valence electrons. The van der Waals surface area contributed by atoms with Gasteiger partial charge in [0.05, 0.1) is 0 Å². The molecule has 1 unspecified atom stereocenters. The first-order valence-electron chi connectivity index (χ1n) is 6.81. The lowest BCUT2D eigenvalue weighted by atomic mass is 9.93. The molecule has 0 aromatic heterocycles. The molecule has 0 spiro atoms. The van der Waals surface area contributed by atoms with Crippen LogP contribution in [0.3, 0.4) is 0 Å². The molecule has 0 saturated heterocycles.